The van der Waals surface area contributed by atoms with Gasteiger partial charge in [0.1, 0.15) is 0 Å². The van der Waals surface area contributed by atoms with Crippen molar-refractivity contribution in [1.29, 1.82) is 0 Å². The Labute approximate surface area is 103 Å². The smallest absolute Gasteiger partial charge is 0.240 e. The third-order valence-electron chi connectivity index (χ3n) is 3.90. The van der Waals surface area contributed by atoms with Gasteiger partial charge < -0.3 is 10.6 Å². The normalized spacial score (nSPS) is 35.6. The number of nitrogens with two attached hydrogens (primary N) is 1. The summed E-state index contributed by atoms with van der Waals surface area (Å²) in [5, 5.41) is 0. The van der Waals surface area contributed by atoms with Crippen LogP contribution in [0.15, 0.2) is 0 Å². The Balaban J connectivity index is 0.000000963. The van der Waals surface area contributed by atoms with Crippen LogP contribution in [-0.2, 0) is 4.79 Å². The fourth-order valence-corrected chi connectivity index (χ4v) is 2.87. The minimum absolute atomic E-state index is 0. The van der Waals surface area contributed by atoms with Crippen molar-refractivity contribution < 1.29 is 4.79 Å². The quantitative estimate of drug-likeness (QED) is 0.757. The average Bonchev–Trinajstić information content (AvgIpc) is 2.86. The summed E-state index contributed by atoms with van der Waals surface area (Å²) in [6.45, 7) is 2.89. The Hall–Kier alpha value is -0.320. The third-order valence-corrected chi connectivity index (χ3v) is 3.90. The molecule has 5 heteroatoms. The molecule has 0 spiro atoms. The Bertz CT molecular complexity index is 282. The summed E-state index contributed by atoms with van der Waals surface area (Å²) >= 11 is 0. The molecule has 1 saturated carbocycles. The summed E-state index contributed by atoms with van der Waals surface area (Å²) in [5.74, 6) is 0.367. The summed E-state index contributed by atoms with van der Waals surface area (Å²) in [5.41, 5.74) is 5.88. The van der Waals surface area contributed by atoms with Crippen LogP contribution in [0.1, 0.15) is 25.7 Å². The maximum Gasteiger partial charge on any atom is 0.240 e. The average molecular weight is 246 g/mol. The lowest BCUT2D eigenvalue weighted by atomic mass is 10.2. The van der Waals surface area contributed by atoms with E-state index in [1.807, 2.05) is 0 Å². The van der Waals surface area contributed by atoms with Crippen LogP contribution in [0.5, 0.6) is 0 Å². The lowest BCUT2D eigenvalue weighted by molar-refractivity contribution is -0.132. The molecule has 3 rings (SSSR count). The number of likely N-dealkylation sites (tertiary alicyclic amines) is 2. The molecule has 16 heavy (non-hydrogen) atoms. The number of amides is 1. The molecule has 2 atom stereocenters. The van der Waals surface area contributed by atoms with Crippen LogP contribution in [0.4, 0.5) is 0 Å². The van der Waals surface area contributed by atoms with E-state index in [0.29, 0.717) is 11.9 Å². The highest BCUT2D eigenvalue weighted by Crippen LogP contribution is 2.32. The monoisotopic (exact) mass is 245 g/mol. The molecule has 4 nitrogen and oxygen atoms in total. The molecule has 1 aliphatic carbocycles. The summed E-state index contributed by atoms with van der Waals surface area (Å²) in [4.78, 5) is 16.5. The molecule has 2 N–H and O–H groups in total. The van der Waals surface area contributed by atoms with Gasteiger partial charge in [0.15, 0.2) is 0 Å². The molecule has 0 aromatic carbocycles. The van der Waals surface area contributed by atoms with Crippen molar-refractivity contribution in [2.24, 2.45) is 5.73 Å². The van der Waals surface area contributed by atoms with Gasteiger partial charge in [-0.1, -0.05) is 0 Å². The van der Waals surface area contributed by atoms with E-state index in [9.17, 15) is 4.79 Å². The van der Waals surface area contributed by atoms with Crippen LogP contribution in [0, 0.1) is 0 Å². The van der Waals surface area contributed by atoms with Crippen molar-refractivity contribution in [3.8, 4) is 0 Å². The van der Waals surface area contributed by atoms with Crippen molar-refractivity contribution in [3.63, 3.8) is 0 Å². The van der Waals surface area contributed by atoms with Gasteiger partial charge in [0.2, 0.25) is 5.91 Å². The highest BCUT2D eigenvalue weighted by molar-refractivity contribution is 5.85. The van der Waals surface area contributed by atoms with Gasteiger partial charge in [-0.25, -0.2) is 0 Å². The fourth-order valence-electron chi connectivity index (χ4n) is 2.87. The first-order chi connectivity index (χ1) is 7.25. The summed E-state index contributed by atoms with van der Waals surface area (Å²) < 4.78 is 0. The molecular formula is C11H20ClN3O. The fraction of sp³-hybridized carbons (Fsp3) is 0.909. The molecule has 0 aromatic heterocycles. The zero-order valence-electron chi connectivity index (χ0n) is 9.47. The number of hydrogen-bond acceptors (Lipinski definition) is 3. The molecule has 3 aliphatic rings. The second-order valence-electron chi connectivity index (χ2n) is 5.11. The van der Waals surface area contributed by atoms with E-state index in [1.165, 1.54) is 12.8 Å². The van der Waals surface area contributed by atoms with Gasteiger partial charge in [-0.15, -0.1) is 12.4 Å². The topological polar surface area (TPSA) is 49.6 Å². The molecule has 92 valence electrons. The molecule has 2 heterocycles. The molecule has 2 aliphatic heterocycles. The lowest BCUT2D eigenvalue weighted by Crippen LogP contribution is -2.42. The second kappa shape index (κ2) is 4.51. The zero-order chi connectivity index (χ0) is 10.4. The molecule has 1 amide bonds. The first-order valence-corrected chi connectivity index (χ1v) is 6.06. The minimum atomic E-state index is 0. The Morgan fingerprint density at radius 1 is 1.12 bits per heavy atom. The predicted octanol–water partition coefficient (Wildman–Crippen LogP) is 0.205. The Morgan fingerprint density at radius 2 is 1.88 bits per heavy atom. The van der Waals surface area contributed by atoms with E-state index in [0.717, 1.165) is 32.5 Å². The summed E-state index contributed by atoms with van der Waals surface area (Å²) in [6, 6.07) is 1.02. The molecule has 1 unspecified atom stereocenters. The zero-order valence-corrected chi connectivity index (χ0v) is 10.3. The van der Waals surface area contributed by atoms with Crippen LogP contribution in [0.25, 0.3) is 0 Å². The lowest BCUT2D eigenvalue weighted by Gasteiger charge is -2.22. The second-order valence-corrected chi connectivity index (χ2v) is 5.11. The van der Waals surface area contributed by atoms with Gasteiger partial charge in [-0.3, -0.25) is 9.69 Å². The highest BCUT2D eigenvalue weighted by atomic mass is 35.5. The SMILES string of the molecule is Cl.N[C@@H]1CCN(C2CCN(C3CC3)C2=O)C1. The molecule has 2 saturated heterocycles. The maximum absolute atomic E-state index is 12.1. The highest BCUT2D eigenvalue weighted by Gasteiger charge is 2.43. The van der Waals surface area contributed by atoms with E-state index in [2.05, 4.69) is 9.80 Å². The molecule has 0 radical (unpaired) electrons. The van der Waals surface area contributed by atoms with Crippen molar-refractivity contribution in [2.75, 3.05) is 19.6 Å². The van der Waals surface area contributed by atoms with Crippen LogP contribution in [0.3, 0.4) is 0 Å². The van der Waals surface area contributed by atoms with E-state index in [-0.39, 0.29) is 24.5 Å². The summed E-state index contributed by atoms with van der Waals surface area (Å²) in [6.07, 6.45) is 4.51. The van der Waals surface area contributed by atoms with Gasteiger partial charge in [0.05, 0.1) is 6.04 Å². The van der Waals surface area contributed by atoms with E-state index >= 15 is 0 Å². The third kappa shape index (κ3) is 2.06. The largest absolute Gasteiger partial charge is 0.338 e. The van der Waals surface area contributed by atoms with E-state index < -0.39 is 0 Å². The molecule has 0 aromatic rings. The van der Waals surface area contributed by atoms with Gasteiger partial charge in [0, 0.05) is 31.7 Å². The van der Waals surface area contributed by atoms with Crippen LogP contribution in [0.2, 0.25) is 0 Å². The van der Waals surface area contributed by atoms with Crippen molar-refractivity contribution >= 4 is 18.3 Å². The number of rotatable bonds is 2. The van der Waals surface area contributed by atoms with Gasteiger partial charge >= 0.3 is 0 Å². The number of carbonyl (C=O) groups excluding carboxylic acids is 1. The standard InChI is InChI=1S/C11H19N3O.ClH/c12-8-3-5-13(7-8)10-4-6-14(11(10)15)9-1-2-9;/h8-10H,1-7,12H2;1H/t8-,10?;/m1./s1. The number of halogens is 1. The Morgan fingerprint density at radius 3 is 2.44 bits per heavy atom. The number of carbonyl (C=O) groups is 1. The van der Waals surface area contributed by atoms with E-state index in [4.69, 9.17) is 5.73 Å². The first kappa shape index (κ1) is 12.1. The maximum atomic E-state index is 12.1. The van der Waals surface area contributed by atoms with E-state index in [1.54, 1.807) is 0 Å². The van der Waals surface area contributed by atoms with Crippen LogP contribution in [-0.4, -0.2) is 53.5 Å². The van der Waals surface area contributed by atoms with Crippen molar-refractivity contribution in [2.45, 2.75) is 43.8 Å². The first-order valence-electron chi connectivity index (χ1n) is 6.06. The van der Waals surface area contributed by atoms with Crippen molar-refractivity contribution in [1.82, 2.24) is 9.80 Å². The molecule has 0 bridgehead atoms. The summed E-state index contributed by atoms with van der Waals surface area (Å²) in [7, 11) is 0. The van der Waals surface area contributed by atoms with Crippen LogP contribution >= 0.6 is 12.4 Å². The van der Waals surface area contributed by atoms with Gasteiger partial charge in [-0.05, 0) is 25.7 Å². The Kier molecular flexibility index (Phi) is 3.42. The number of hydrogen-bond donors (Lipinski definition) is 1. The number of nitrogens with zero attached hydrogens (tertiary/aromatic N) is 2. The van der Waals surface area contributed by atoms with Crippen LogP contribution < -0.4 is 5.73 Å². The minimum Gasteiger partial charge on any atom is -0.338 e. The van der Waals surface area contributed by atoms with Gasteiger partial charge in [0.25, 0.3) is 0 Å². The predicted molar refractivity (Wildman–Crippen MR) is 64.6 cm³/mol. The molecular weight excluding hydrogens is 226 g/mol. The molecule has 3 fully saturated rings. The van der Waals surface area contributed by atoms with Gasteiger partial charge in [-0.2, -0.15) is 0 Å². The van der Waals surface area contributed by atoms with Crippen molar-refractivity contribution in [3.05, 3.63) is 0 Å².